The van der Waals surface area contributed by atoms with E-state index in [1.807, 2.05) is 63.2 Å². The molecular weight excluding hydrogens is 322 g/mol. The van der Waals surface area contributed by atoms with E-state index >= 15 is 0 Å². The summed E-state index contributed by atoms with van der Waals surface area (Å²) in [6.07, 6.45) is 0. The predicted octanol–water partition coefficient (Wildman–Crippen LogP) is 3.89. The third kappa shape index (κ3) is 5.42. The normalized spacial score (nSPS) is 10.3. The van der Waals surface area contributed by atoms with E-state index in [4.69, 9.17) is 4.74 Å². The van der Waals surface area contributed by atoms with Crippen LogP contribution < -0.4 is 5.32 Å². The maximum Gasteiger partial charge on any atom is 0.316 e. The molecule has 0 fully saturated rings. The average molecular weight is 343 g/mol. The third-order valence-corrected chi connectivity index (χ3v) is 4.59. The Hall–Kier alpha value is -2.27. The molecular formula is C19H21NO3S. The van der Waals surface area contributed by atoms with Gasteiger partial charge in [0, 0.05) is 10.6 Å². The lowest BCUT2D eigenvalue weighted by atomic mass is 10.1. The Kier molecular flexibility index (Phi) is 6.44. The highest BCUT2D eigenvalue weighted by molar-refractivity contribution is 8.00. The van der Waals surface area contributed by atoms with Gasteiger partial charge in [-0.25, -0.2) is 0 Å². The number of esters is 1. The summed E-state index contributed by atoms with van der Waals surface area (Å²) in [6.45, 7) is 5.71. The molecule has 2 aromatic rings. The van der Waals surface area contributed by atoms with E-state index in [9.17, 15) is 9.59 Å². The van der Waals surface area contributed by atoms with Crippen molar-refractivity contribution in [1.29, 1.82) is 0 Å². The first-order chi connectivity index (χ1) is 11.5. The molecule has 0 bridgehead atoms. The summed E-state index contributed by atoms with van der Waals surface area (Å²) < 4.78 is 5.02. The number of ether oxygens (including phenoxy) is 1. The molecule has 1 N–H and O–H groups in total. The van der Waals surface area contributed by atoms with Gasteiger partial charge >= 0.3 is 5.97 Å². The van der Waals surface area contributed by atoms with Crippen molar-refractivity contribution in [2.45, 2.75) is 25.7 Å². The van der Waals surface area contributed by atoms with Gasteiger partial charge in [-0.3, -0.25) is 9.59 Å². The number of nitrogens with one attached hydrogen (secondary N) is 1. The van der Waals surface area contributed by atoms with Crippen molar-refractivity contribution in [3.63, 3.8) is 0 Å². The molecule has 4 nitrogen and oxygen atoms in total. The lowest BCUT2D eigenvalue weighted by molar-refractivity contribution is -0.144. The topological polar surface area (TPSA) is 55.4 Å². The van der Waals surface area contributed by atoms with Crippen molar-refractivity contribution in [1.82, 2.24) is 0 Å². The molecule has 0 spiro atoms. The van der Waals surface area contributed by atoms with Gasteiger partial charge in [-0.1, -0.05) is 24.3 Å². The SMILES string of the molecule is Cc1ccc(SCC(=O)OCC(=O)Nc2ccccc2C)cc1C. The zero-order valence-electron chi connectivity index (χ0n) is 14.1. The van der Waals surface area contributed by atoms with Crippen LogP contribution in [0, 0.1) is 20.8 Å². The summed E-state index contributed by atoms with van der Waals surface area (Å²) in [7, 11) is 0. The second-order valence-electron chi connectivity index (χ2n) is 5.56. The van der Waals surface area contributed by atoms with Crippen molar-refractivity contribution < 1.29 is 14.3 Å². The molecule has 0 aromatic heterocycles. The first-order valence-corrected chi connectivity index (χ1v) is 8.65. The van der Waals surface area contributed by atoms with E-state index in [-0.39, 0.29) is 18.3 Å². The number of amides is 1. The van der Waals surface area contributed by atoms with Crippen LogP contribution in [0.25, 0.3) is 0 Å². The number of rotatable bonds is 6. The van der Waals surface area contributed by atoms with Crippen LogP contribution in [-0.2, 0) is 14.3 Å². The summed E-state index contributed by atoms with van der Waals surface area (Å²) in [5.41, 5.74) is 4.09. The monoisotopic (exact) mass is 343 g/mol. The van der Waals surface area contributed by atoms with Crippen LogP contribution in [0.1, 0.15) is 16.7 Å². The fourth-order valence-corrected chi connectivity index (χ4v) is 2.83. The van der Waals surface area contributed by atoms with Gasteiger partial charge in [-0.15, -0.1) is 11.8 Å². The molecule has 2 rings (SSSR count). The van der Waals surface area contributed by atoms with Gasteiger partial charge in [0.15, 0.2) is 6.61 Å². The van der Waals surface area contributed by atoms with E-state index in [1.165, 1.54) is 22.9 Å². The summed E-state index contributed by atoms with van der Waals surface area (Å²) >= 11 is 1.40. The number of carbonyl (C=O) groups excluding carboxylic acids is 2. The standard InChI is InChI=1S/C19H21NO3S/c1-13-8-9-16(10-15(13)3)24-12-19(22)23-11-18(21)20-17-7-5-4-6-14(17)2/h4-10H,11-12H2,1-3H3,(H,20,21). The molecule has 0 aliphatic rings. The minimum atomic E-state index is -0.404. The van der Waals surface area contributed by atoms with E-state index in [2.05, 4.69) is 5.32 Å². The third-order valence-electron chi connectivity index (χ3n) is 3.62. The summed E-state index contributed by atoms with van der Waals surface area (Å²) in [5.74, 6) is -0.563. The second kappa shape index (κ2) is 8.55. The molecule has 24 heavy (non-hydrogen) atoms. The predicted molar refractivity (Wildman–Crippen MR) is 97.4 cm³/mol. The van der Waals surface area contributed by atoms with Gasteiger partial charge < -0.3 is 10.1 Å². The molecule has 0 atom stereocenters. The average Bonchev–Trinajstić information content (AvgIpc) is 2.56. The van der Waals surface area contributed by atoms with E-state index < -0.39 is 5.97 Å². The minimum Gasteiger partial charge on any atom is -0.455 e. The van der Waals surface area contributed by atoms with Crippen LogP contribution in [0.3, 0.4) is 0 Å². The highest BCUT2D eigenvalue weighted by atomic mass is 32.2. The van der Waals surface area contributed by atoms with Crippen LogP contribution >= 0.6 is 11.8 Å². The zero-order valence-corrected chi connectivity index (χ0v) is 14.9. The molecule has 1 amide bonds. The number of para-hydroxylation sites is 1. The van der Waals surface area contributed by atoms with Gasteiger partial charge in [-0.2, -0.15) is 0 Å². The molecule has 0 aliphatic heterocycles. The minimum absolute atomic E-state index is 0.181. The first kappa shape index (κ1) is 18.1. The van der Waals surface area contributed by atoms with Crippen LogP contribution in [0.4, 0.5) is 5.69 Å². The second-order valence-corrected chi connectivity index (χ2v) is 6.61. The summed E-state index contributed by atoms with van der Waals surface area (Å²) in [5, 5.41) is 2.73. The Morgan fingerprint density at radius 2 is 1.75 bits per heavy atom. The molecule has 2 aromatic carbocycles. The number of benzene rings is 2. The summed E-state index contributed by atoms with van der Waals surface area (Å²) in [6, 6.07) is 13.5. The molecule has 0 unspecified atom stereocenters. The van der Waals surface area contributed by atoms with E-state index in [1.54, 1.807) is 0 Å². The smallest absolute Gasteiger partial charge is 0.316 e. The Balaban J connectivity index is 1.75. The van der Waals surface area contributed by atoms with E-state index in [0.717, 1.165) is 16.1 Å². The van der Waals surface area contributed by atoms with Crippen LogP contribution in [0.5, 0.6) is 0 Å². The Labute approximate surface area is 146 Å². The highest BCUT2D eigenvalue weighted by Crippen LogP contribution is 2.21. The Morgan fingerprint density at radius 1 is 1.00 bits per heavy atom. The quantitative estimate of drug-likeness (QED) is 0.639. The Bertz CT molecular complexity index is 743. The fraction of sp³-hybridized carbons (Fsp3) is 0.263. The van der Waals surface area contributed by atoms with Crippen LogP contribution in [0.2, 0.25) is 0 Å². The van der Waals surface area contributed by atoms with Crippen molar-refractivity contribution in [2.24, 2.45) is 0 Å². The fourth-order valence-electron chi connectivity index (χ4n) is 2.03. The number of thioether (sulfide) groups is 1. The van der Waals surface area contributed by atoms with Crippen molar-refractivity contribution in [2.75, 3.05) is 17.7 Å². The maximum absolute atomic E-state index is 11.8. The highest BCUT2D eigenvalue weighted by Gasteiger charge is 2.09. The molecule has 0 aliphatic carbocycles. The van der Waals surface area contributed by atoms with Crippen molar-refractivity contribution >= 4 is 29.3 Å². The van der Waals surface area contributed by atoms with Gasteiger partial charge in [0.25, 0.3) is 5.91 Å². The molecule has 5 heteroatoms. The van der Waals surface area contributed by atoms with Crippen LogP contribution in [-0.4, -0.2) is 24.2 Å². The molecule has 0 radical (unpaired) electrons. The van der Waals surface area contributed by atoms with Gasteiger partial charge in [-0.05, 0) is 55.7 Å². The van der Waals surface area contributed by atoms with Gasteiger partial charge in [0.05, 0.1) is 5.75 Å². The number of aryl methyl sites for hydroxylation is 3. The number of carbonyl (C=O) groups is 2. The molecule has 0 heterocycles. The lowest BCUT2D eigenvalue weighted by Crippen LogP contribution is -2.22. The molecule has 126 valence electrons. The number of anilines is 1. The van der Waals surface area contributed by atoms with Crippen molar-refractivity contribution in [3.8, 4) is 0 Å². The van der Waals surface area contributed by atoms with Gasteiger partial charge in [0.1, 0.15) is 0 Å². The van der Waals surface area contributed by atoms with Gasteiger partial charge in [0.2, 0.25) is 0 Å². The Morgan fingerprint density at radius 3 is 2.46 bits per heavy atom. The molecule has 0 saturated heterocycles. The zero-order chi connectivity index (χ0) is 17.5. The first-order valence-electron chi connectivity index (χ1n) is 7.67. The van der Waals surface area contributed by atoms with Crippen molar-refractivity contribution in [3.05, 3.63) is 59.2 Å². The maximum atomic E-state index is 11.8. The number of hydrogen-bond donors (Lipinski definition) is 1. The van der Waals surface area contributed by atoms with Crippen LogP contribution in [0.15, 0.2) is 47.4 Å². The molecule has 0 saturated carbocycles. The number of hydrogen-bond acceptors (Lipinski definition) is 4. The summed E-state index contributed by atoms with van der Waals surface area (Å²) in [4.78, 5) is 24.6. The largest absolute Gasteiger partial charge is 0.455 e. The van der Waals surface area contributed by atoms with E-state index in [0.29, 0.717) is 0 Å². The lowest BCUT2D eigenvalue weighted by Gasteiger charge is -2.09.